The van der Waals surface area contributed by atoms with E-state index in [9.17, 15) is 4.79 Å². The highest BCUT2D eigenvalue weighted by Gasteiger charge is 2.12. The molecular formula is C11H14BrNO3. The first-order chi connectivity index (χ1) is 7.58. The number of ether oxygens (including phenoxy) is 2. The Kier molecular flexibility index (Phi) is 4.61. The lowest BCUT2D eigenvalue weighted by Gasteiger charge is -2.10. The lowest BCUT2D eigenvalue weighted by Crippen LogP contribution is -2.10. The molecule has 0 amide bonds. The van der Waals surface area contributed by atoms with Gasteiger partial charge in [-0.1, -0.05) is 15.9 Å². The minimum absolute atomic E-state index is 0.157. The zero-order chi connectivity index (χ0) is 12.1. The Morgan fingerprint density at radius 3 is 2.69 bits per heavy atom. The Labute approximate surface area is 103 Å². The molecule has 16 heavy (non-hydrogen) atoms. The number of halogens is 1. The highest BCUT2D eigenvalue weighted by molar-refractivity contribution is 9.10. The van der Waals surface area contributed by atoms with Crippen molar-refractivity contribution in [2.45, 2.75) is 13.3 Å². The van der Waals surface area contributed by atoms with Gasteiger partial charge in [0, 0.05) is 21.8 Å². The van der Waals surface area contributed by atoms with Gasteiger partial charge in [0.1, 0.15) is 5.75 Å². The summed E-state index contributed by atoms with van der Waals surface area (Å²) in [4.78, 5) is 11.3. The van der Waals surface area contributed by atoms with Gasteiger partial charge < -0.3 is 15.2 Å². The van der Waals surface area contributed by atoms with E-state index < -0.39 is 0 Å². The zero-order valence-electron chi connectivity index (χ0n) is 9.25. The largest absolute Gasteiger partial charge is 0.497 e. The smallest absolute Gasteiger partial charge is 0.310 e. The lowest BCUT2D eigenvalue weighted by molar-refractivity contribution is -0.142. The maximum absolute atomic E-state index is 11.3. The monoisotopic (exact) mass is 287 g/mol. The number of benzene rings is 1. The van der Waals surface area contributed by atoms with E-state index in [0.29, 0.717) is 18.0 Å². The van der Waals surface area contributed by atoms with E-state index in [4.69, 9.17) is 15.2 Å². The van der Waals surface area contributed by atoms with Crippen molar-refractivity contribution in [1.29, 1.82) is 0 Å². The molecule has 0 heterocycles. The molecule has 0 spiro atoms. The molecule has 0 unspecified atom stereocenters. The van der Waals surface area contributed by atoms with Gasteiger partial charge in [0.25, 0.3) is 0 Å². The number of carbonyl (C=O) groups is 1. The van der Waals surface area contributed by atoms with E-state index >= 15 is 0 Å². The molecule has 0 aliphatic heterocycles. The van der Waals surface area contributed by atoms with Crippen molar-refractivity contribution in [1.82, 2.24) is 0 Å². The summed E-state index contributed by atoms with van der Waals surface area (Å²) in [6, 6.07) is 3.45. The fraction of sp³-hybridized carbons (Fsp3) is 0.364. The number of esters is 1. The highest BCUT2D eigenvalue weighted by Crippen LogP contribution is 2.29. The first-order valence-electron chi connectivity index (χ1n) is 4.86. The summed E-state index contributed by atoms with van der Waals surface area (Å²) in [5.41, 5.74) is 7.06. The van der Waals surface area contributed by atoms with Crippen LogP contribution in [0.1, 0.15) is 12.5 Å². The third-order valence-corrected chi connectivity index (χ3v) is 2.77. The first kappa shape index (κ1) is 12.8. The van der Waals surface area contributed by atoms with Crippen molar-refractivity contribution in [3.8, 4) is 5.75 Å². The summed E-state index contributed by atoms with van der Waals surface area (Å²) in [6.07, 6.45) is 0.157. The van der Waals surface area contributed by atoms with Crippen LogP contribution < -0.4 is 10.5 Å². The van der Waals surface area contributed by atoms with Gasteiger partial charge in [-0.2, -0.15) is 0 Å². The van der Waals surface area contributed by atoms with Crippen LogP contribution >= 0.6 is 15.9 Å². The van der Waals surface area contributed by atoms with Gasteiger partial charge in [0.05, 0.1) is 20.1 Å². The zero-order valence-corrected chi connectivity index (χ0v) is 10.8. The van der Waals surface area contributed by atoms with Crippen LogP contribution in [0.4, 0.5) is 5.69 Å². The van der Waals surface area contributed by atoms with Gasteiger partial charge in [-0.25, -0.2) is 0 Å². The Morgan fingerprint density at radius 2 is 2.19 bits per heavy atom. The number of anilines is 1. The molecule has 0 bridgehead atoms. The number of carbonyl (C=O) groups excluding carboxylic acids is 1. The summed E-state index contributed by atoms with van der Waals surface area (Å²) in [5, 5.41) is 0. The van der Waals surface area contributed by atoms with Crippen LogP contribution in [-0.2, 0) is 16.0 Å². The average molecular weight is 288 g/mol. The number of rotatable bonds is 4. The molecule has 0 radical (unpaired) electrons. The normalized spacial score (nSPS) is 9.94. The second-order valence-electron chi connectivity index (χ2n) is 3.16. The van der Waals surface area contributed by atoms with Crippen LogP contribution in [0.2, 0.25) is 0 Å². The fourth-order valence-electron chi connectivity index (χ4n) is 1.29. The molecule has 0 saturated carbocycles. The van der Waals surface area contributed by atoms with Gasteiger partial charge in [-0.05, 0) is 13.0 Å². The third kappa shape index (κ3) is 3.13. The average Bonchev–Trinajstić information content (AvgIpc) is 2.23. The Hall–Kier alpha value is -1.23. The van der Waals surface area contributed by atoms with Crippen molar-refractivity contribution in [2.75, 3.05) is 19.5 Å². The van der Waals surface area contributed by atoms with E-state index in [1.165, 1.54) is 0 Å². The van der Waals surface area contributed by atoms with E-state index in [-0.39, 0.29) is 12.4 Å². The molecule has 0 aliphatic rings. The van der Waals surface area contributed by atoms with Crippen molar-refractivity contribution >= 4 is 27.6 Å². The number of hydrogen-bond acceptors (Lipinski definition) is 4. The van der Waals surface area contributed by atoms with Gasteiger partial charge in [0.15, 0.2) is 0 Å². The number of nitrogen functional groups attached to an aromatic ring is 1. The minimum atomic E-state index is -0.292. The van der Waals surface area contributed by atoms with Gasteiger partial charge in [-0.15, -0.1) is 0 Å². The molecular weight excluding hydrogens is 274 g/mol. The fourth-order valence-corrected chi connectivity index (χ4v) is 1.89. The molecule has 1 rings (SSSR count). The van der Waals surface area contributed by atoms with Crippen molar-refractivity contribution in [3.63, 3.8) is 0 Å². The molecule has 5 heteroatoms. The van der Waals surface area contributed by atoms with Gasteiger partial charge >= 0.3 is 5.97 Å². The van der Waals surface area contributed by atoms with Crippen molar-refractivity contribution in [3.05, 3.63) is 22.2 Å². The van der Waals surface area contributed by atoms with Crippen molar-refractivity contribution in [2.24, 2.45) is 0 Å². The molecule has 1 aromatic carbocycles. The molecule has 0 atom stereocenters. The number of nitrogens with two attached hydrogens (primary N) is 1. The molecule has 88 valence electrons. The summed E-state index contributed by atoms with van der Waals surface area (Å²) < 4.78 is 10.7. The Morgan fingerprint density at radius 1 is 1.50 bits per heavy atom. The van der Waals surface area contributed by atoms with E-state index in [1.54, 1.807) is 26.2 Å². The lowest BCUT2D eigenvalue weighted by atomic mass is 10.1. The predicted molar refractivity (Wildman–Crippen MR) is 65.4 cm³/mol. The molecule has 0 aromatic heterocycles. The molecule has 0 saturated heterocycles. The summed E-state index contributed by atoms with van der Waals surface area (Å²) in [7, 11) is 1.56. The van der Waals surface area contributed by atoms with Gasteiger partial charge in [-0.3, -0.25) is 4.79 Å². The number of methoxy groups -OCH3 is 1. The maximum Gasteiger partial charge on any atom is 0.310 e. The molecule has 0 aliphatic carbocycles. The maximum atomic E-state index is 11.3. The van der Waals surface area contributed by atoms with Gasteiger partial charge in [0.2, 0.25) is 0 Å². The van der Waals surface area contributed by atoms with Crippen LogP contribution in [0.5, 0.6) is 5.75 Å². The predicted octanol–water partition coefficient (Wildman–Crippen LogP) is 2.15. The second kappa shape index (κ2) is 5.75. The second-order valence-corrected chi connectivity index (χ2v) is 4.01. The molecule has 1 aromatic rings. The van der Waals surface area contributed by atoms with E-state index in [2.05, 4.69) is 15.9 Å². The molecule has 4 nitrogen and oxygen atoms in total. The topological polar surface area (TPSA) is 61.5 Å². The molecule has 0 fully saturated rings. The molecule has 2 N–H and O–H groups in total. The van der Waals surface area contributed by atoms with Crippen LogP contribution in [0.25, 0.3) is 0 Å². The Bertz CT molecular complexity index is 370. The van der Waals surface area contributed by atoms with Crippen LogP contribution in [0.15, 0.2) is 16.6 Å². The van der Waals surface area contributed by atoms with Crippen LogP contribution in [0.3, 0.4) is 0 Å². The highest BCUT2D eigenvalue weighted by atomic mass is 79.9. The third-order valence-electron chi connectivity index (χ3n) is 2.07. The quantitative estimate of drug-likeness (QED) is 0.681. The minimum Gasteiger partial charge on any atom is -0.497 e. The van der Waals surface area contributed by atoms with Crippen molar-refractivity contribution < 1.29 is 14.3 Å². The van der Waals surface area contributed by atoms with E-state index in [0.717, 1.165) is 10.0 Å². The van der Waals surface area contributed by atoms with E-state index in [1.807, 2.05) is 0 Å². The number of hydrogen-bond donors (Lipinski definition) is 1. The SMILES string of the molecule is CCOC(=O)Cc1c(N)cc(OC)cc1Br. The summed E-state index contributed by atoms with van der Waals surface area (Å²) in [5.74, 6) is 0.358. The summed E-state index contributed by atoms with van der Waals surface area (Å²) >= 11 is 3.35. The Balaban J connectivity index is 2.92. The van der Waals surface area contributed by atoms with Crippen LogP contribution in [0, 0.1) is 0 Å². The standard InChI is InChI=1S/C11H14BrNO3/c1-3-16-11(14)6-8-9(12)4-7(15-2)5-10(8)13/h4-5H,3,6,13H2,1-2H3. The van der Waals surface area contributed by atoms with Crippen LogP contribution in [-0.4, -0.2) is 19.7 Å². The summed E-state index contributed by atoms with van der Waals surface area (Å²) in [6.45, 7) is 2.14. The first-order valence-corrected chi connectivity index (χ1v) is 5.65.